The normalized spacial score (nSPS) is 13.1. The van der Waals surface area contributed by atoms with Crippen LogP contribution >= 0.6 is 23.1 Å². The van der Waals surface area contributed by atoms with E-state index in [1.54, 1.807) is 0 Å². The molecule has 0 amide bonds. The SMILES string of the molecule is CCCCc1c(N2c3cc(-n4c5ccccc5c5cc(-c6ccccc6)ccc54)ccc3B3c4ccc(-n5c6ccccc6c6cc(-c7ccccc7)ccc65)cc4Sc4cc(C(C)(C)C)cc2c43)ccc2sc3ccccc3c12. The fraction of sp³-hybridized carbons (Fsp3) is 0.108. The number of anilines is 3. The van der Waals surface area contributed by atoms with Gasteiger partial charge in [-0.3, -0.25) is 0 Å². The summed E-state index contributed by atoms with van der Waals surface area (Å²) in [5.74, 6) is 0. The third-order valence-electron chi connectivity index (χ3n) is 17.3. The highest BCUT2D eigenvalue weighted by molar-refractivity contribution is 8.00. The molecule has 3 nitrogen and oxygen atoms in total. The summed E-state index contributed by atoms with van der Waals surface area (Å²) in [5.41, 5.74) is 22.6. The summed E-state index contributed by atoms with van der Waals surface area (Å²) in [7, 11) is 0. The van der Waals surface area contributed by atoms with Crippen molar-refractivity contribution in [2.24, 2.45) is 0 Å². The summed E-state index contributed by atoms with van der Waals surface area (Å²) in [6, 6.07) is 87.3. The maximum atomic E-state index is 2.71. The highest BCUT2D eigenvalue weighted by Gasteiger charge is 2.43. The highest BCUT2D eigenvalue weighted by atomic mass is 32.2. The van der Waals surface area contributed by atoms with E-state index in [4.69, 9.17) is 0 Å². The molecule has 0 spiro atoms. The maximum absolute atomic E-state index is 2.71. The second kappa shape index (κ2) is 18.3. The number of nitrogens with zero attached hydrogens (tertiary/aromatic N) is 3. The average molecular weight is 1060 g/mol. The standard InChI is InChI=1S/C74H56BN3S2/c1-5-6-23-55-63(38-39-69-72(55)56-26-15-18-29-68(56)79-69)78-66-44-51(76-61-27-16-13-24-53(61)57-40-48(30-36-64(57)76)46-19-9-7-10-20-46)32-34-59(66)75-60-35-33-52(45-70(60)80-71-43-50(74(2,3)4)42-67(78)73(71)75)77-62-28-17-14-25-54(62)58-41-49(31-37-65(58)77)47-21-11-8-12-22-47/h7-22,24-45H,5-6,23H2,1-4H3. The Kier molecular flexibility index (Phi) is 10.8. The number of benzene rings is 11. The van der Waals surface area contributed by atoms with Crippen LogP contribution in [0.4, 0.5) is 17.1 Å². The Hall–Kier alpha value is -8.55. The summed E-state index contributed by atoms with van der Waals surface area (Å²) >= 11 is 3.88. The number of hydrogen-bond acceptors (Lipinski definition) is 3. The number of rotatable bonds is 8. The van der Waals surface area contributed by atoms with Crippen LogP contribution in [0.1, 0.15) is 51.7 Å². The second-order valence-corrected chi connectivity index (χ2v) is 25.2. The molecule has 6 heteroatoms. The van der Waals surface area contributed by atoms with Crippen LogP contribution in [0, 0.1) is 0 Å². The smallest absolute Gasteiger partial charge is 0.249 e. The molecule has 14 aromatic rings. The number of fused-ring (bicyclic) bond motifs is 13. The molecule has 0 saturated heterocycles. The Morgan fingerprint density at radius 3 is 1.64 bits per heavy atom. The Morgan fingerprint density at radius 1 is 0.425 bits per heavy atom. The van der Waals surface area contributed by atoms with E-state index >= 15 is 0 Å². The van der Waals surface area contributed by atoms with E-state index in [9.17, 15) is 0 Å². The largest absolute Gasteiger partial charge is 0.311 e. The first kappa shape index (κ1) is 47.5. The van der Waals surface area contributed by atoms with Crippen LogP contribution in [-0.4, -0.2) is 15.8 Å². The monoisotopic (exact) mass is 1060 g/mol. The molecule has 11 aromatic carbocycles. The highest BCUT2D eigenvalue weighted by Crippen LogP contribution is 2.49. The first-order chi connectivity index (χ1) is 39.3. The van der Waals surface area contributed by atoms with E-state index in [2.05, 4.69) is 272 Å². The molecule has 382 valence electrons. The lowest BCUT2D eigenvalue weighted by Crippen LogP contribution is -2.60. The van der Waals surface area contributed by atoms with Gasteiger partial charge in [0.15, 0.2) is 0 Å². The number of para-hydroxylation sites is 2. The molecule has 16 rings (SSSR count). The summed E-state index contributed by atoms with van der Waals surface area (Å²) in [6.07, 6.45) is 3.22. The predicted molar refractivity (Wildman–Crippen MR) is 346 cm³/mol. The van der Waals surface area contributed by atoms with Crippen molar-refractivity contribution in [1.82, 2.24) is 9.13 Å². The molecular weight excluding hydrogens is 1010 g/mol. The zero-order chi connectivity index (χ0) is 53.4. The molecule has 2 aliphatic heterocycles. The molecule has 0 aliphatic carbocycles. The zero-order valence-corrected chi connectivity index (χ0v) is 46.9. The lowest BCUT2D eigenvalue weighted by molar-refractivity contribution is 0.589. The van der Waals surface area contributed by atoms with Crippen molar-refractivity contribution in [3.63, 3.8) is 0 Å². The second-order valence-electron chi connectivity index (χ2n) is 23.0. The van der Waals surface area contributed by atoms with Gasteiger partial charge in [-0.05, 0) is 154 Å². The summed E-state index contributed by atoms with van der Waals surface area (Å²) in [4.78, 5) is 5.35. The van der Waals surface area contributed by atoms with Crippen LogP contribution < -0.4 is 21.3 Å². The van der Waals surface area contributed by atoms with E-state index in [0.29, 0.717) is 0 Å². The van der Waals surface area contributed by atoms with Crippen molar-refractivity contribution in [2.75, 3.05) is 4.90 Å². The average Bonchev–Trinajstić information content (AvgIpc) is 3.95. The minimum Gasteiger partial charge on any atom is -0.311 e. The third-order valence-corrected chi connectivity index (χ3v) is 19.6. The lowest BCUT2D eigenvalue weighted by atomic mass is 9.34. The topological polar surface area (TPSA) is 13.1 Å². The maximum Gasteiger partial charge on any atom is 0.249 e. The number of thiophene rings is 1. The fourth-order valence-corrected chi connectivity index (χ4v) is 15.9. The Morgan fingerprint density at radius 2 is 1.00 bits per heavy atom. The van der Waals surface area contributed by atoms with E-state index in [0.717, 1.165) is 24.9 Å². The molecule has 0 unspecified atom stereocenters. The van der Waals surface area contributed by atoms with Crippen LogP contribution in [-0.2, 0) is 11.8 Å². The van der Waals surface area contributed by atoms with Gasteiger partial charge in [-0.2, -0.15) is 0 Å². The van der Waals surface area contributed by atoms with Gasteiger partial charge in [-0.25, -0.2) is 0 Å². The molecule has 0 saturated carbocycles. The Labute approximate surface area is 475 Å². The molecule has 0 bridgehead atoms. The van der Waals surface area contributed by atoms with Crippen LogP contribution in [0.5, 0.6) is 0 Å². The lowest BCUT2D eigenvalue weighted by Gasteiger charge is -2.42. The van der Waals surface area contributed by atoms with Crippen molar-refractivity contribution >= 4 is 127 Å². The quantitative estimate of drug-likeness (QED) is 0.141. The summed E-state index contributed by atoms with van der Waals surface area (Å²) in [5, 5.41) is 7.80. The van der Waals surface area contributed by atoms with Crippen LogP contribution in [0.3, 0.4) is 0 Å². The van der Waals surface area contributed by atoms with Gasteiger partial charge in [-0.1, -0.05) is 191 Å². The molecule has 5 heterocycles. The van der Waals surface area contributed by atoms with Gasteiger partial charge >= 0.3 is 0 Å². The van der Waals surface area contributed by atoms with Gasteiger partial charge < -0.3 is 14.0 Å². The van der Waals surface area contributed by atoms with Crippen molar-refractivity contribution in [1.29, 1.82) is 0 Å². The van der Waals surface area contributed by atoms with Crippen molar-refractivity contribution in [3.8, 4) is 33.6 Å². The van der Waals surface area contributed by atoms with E-state index in [-0.39, 0.29) is 12.1 Å². The van der Waals surface area contributed by atoms with Crippen molar-refractivity contribution in [3.05, 3.63) is 242 Å². The predicted octanol–water partition coefficient (Wildman–Crippen LogP) is 19.0. The Bertz CT molecular complexity index is 4850. The molecule has 2 aliphatic rings. The van der Waals surface area contributed by atoms with Gasteiger partial charge in [0.05, 0.1) is 22.1 Å². The number of aromatic nitrogens is 2. The Balaban J connectivity index is 0.951. The van der Waals surface area contributed by atoms with Crippen LogP contribution in [0.25, 0.3) is 97.4 Å². The van der Waals surface area contributed by atoms with Crippen molar-refractivity contribution in [2.45, 2.75) is 62.2 Å². The summed E-state index contributed by atoms with van der Waals surface area (Å²) < 4.78 is 7.71. The molecule has 0 fully saturated rings. The molecule has 3 aromatic heterocycles. The fourth-order valence-electron chi connectivity index (χ4n) is 13.5. The van der Waals surface area contributed by atoms with Crippen molar-refractivity contribution < 1.29 is 0 Å². The number of hydrogen-bond donors (Lipinski definition) is 0. The molecule has 0 atom stereocenters. The molecule has 0 N–H and O–H groups in total. The molecule has 0 radical (unpaired) electrons. The van der Waals surface area contributed by atoms with Crippen LogP contribution in [0.2, 0.25) is 0 Å². The first-order valence-corrected chi connectivity index (χ1v) is 30.0. The minimum absolute atomic E-state index is 0.00239. The van der Waals surface area contributed by atoms with E-state index < -0.39 is 0 Å². The molecule has 80 heavy (non-hydrogen) atoms. The summed E-state index contributed by atoms with van der Waals surface area (Å²) in [6.45, 7) is 9.47. The van der Waals surface area contributed by atoms with E-state index in [1.165, 1.54) is 146 Å². The molecular formula is C74H56BN3S2. The van der Waals surface area contributed by atoms with Gasteiger partial charge in [-0.15, -0.1) is 11.3 Å². The number of aryl methyl sites for hydroxylation is 1. The number of unbranched alkanes of at least 4 members (excludes halogenated alkanes) is 1. The van der Waals surface area contributed by atoms with Crippen LogP contribution in [0.15, 0.2) is 240 Å². The van der Waals surface area contributed by atoms with Gasteiger partial charge in [0.1, 0.15) is 0 Å². The third kappa shape index (κ3) is 7.28. The minimum atomic E-state index is -0.112. The van der Waals surface area contributed by atoms with Gasteiger partial charge in [0.2, 0.25) is 6.71 Å². The van der Waals surface area contributed by atoms with Gasteiger partial charge in [0.25, 0.3) is 0 Å². The first-order valence-electron chi connectivity index (χ1n) is 28.3. The van der Waals surface area contributed by atoms with E-state index in [1.807, 2.05) is 23.1 Å². The zero-order valence-electron chi connectivity index (χ0n) is 45.3. The van der Waals surface area contributed by atoms with Gasteiger partial charge in [0, 0.05) is 79.9 Å².